The molecule has 7 rings (SSSR count). The molecular weight excluding hydrogens is 510 g/mol. The molecule has 0 spiro atoms. The first-order chi connectivity index (χ1) is 19.4. The van der Waals surface area contributed by atoms with E-state index in [1.165, 1.54) is 12.1 Å². The molecule has 0 radical (unpaired) electrons. The Kier molecular flexibility index (Phi) is 5.99. The minimum atomic E-state index is -0.695. The Morgan fingerprint density at radius 3 is 2.67 bits per heavy atom. The number of nitrogens with one attached hydrogen (secondary N) is 1. The number of benzene rings is 3. The molecule has 4 aromatic rings. The minimum absolute atomic E-state index is 0.0659. The zero-order valence-electron chi connectivity index (χ0n) is 22.3. The van der Waals surface area contributed by atoms with Crippen LogP contribution in [0.5, 0.6) is 5.75 Å². The summed E-state index contributed by atoms with van der Waals surface area (Å²) in [6.07, 6.45) is 2.60. The topological polar surface area (TPSA) is 94.2 Å². The highest BCUT2D eigenvalue weighted by molar-refractivity contribution is 5.98. The Balaban J connectivity index is 1.30. The number of rotatable bonds is 3. The van der Waals surface area contributed by atoms with Crippen molar-refractivity contribution in [2.24, 2.45) is 5.73 Å². The number of ether oxygens (including phenoxy) is 1. The van der Waals surface area contributed by atoms with Crippen molar-refractivity contribution >= 4 is 16.6 Å². The lowest BCUT2D eigenvalue weighted by Gasteiger charge is -2.44. The molecule has 1 saturated heterocycles. The Morgan fingerprint density at radius 2 is 1.93 bits per heavy atom. The number of fused-ring (bicyclic) bond motifs is 4. The first kappa shape index (κ1) is 25.0. The van der Waals surface area contributed by atoms with Gasteiger partial charge in [0, 0.05) is 42.2 Å². The van der Waals surface area contributed by atoms with Crippen molar-refractivity contribution in [3.63, 3.8) is 0 Å². The van der Waals surface area contributed by atoms with Crippen molar-refractivity contribution in [3.05, 3.63) is 65.2 Å². The number of aromatic amines is 1. The quantitative estimate of drug-likeness (QED) is 0.373. The van der Waals surface area contributed by atoms with E-state index >= 15 is 8.78 Å². The van der Waals surface area contributed by atoms with Crippen molar-refractivity contribution < 1.29 is 13.5 Å². The monoisotopic (exact) mass is 540 g/mol. The van der Waals surface area contributed by atoms with E-state index in [0.29, 0.717) is 34.8 Å². The molecule has 2 aliphatic heterocycles. The van der Waals surface area contributed by atoms with Gasteiger partial charge in [0.05, 0.1) is 34.4 Å². The Labute approximate surface area is 231 Å². The molecule has 0 bridgehead atoms. The summed E-state index contributed by atoms with van der Waals surface area (Å²) in [4.78, 5) is 4.71. The second kappa shape index (κ2) is 9.58. The molecule has 1 aliphatic carbocycles. The molecule has 2 fully saturated rings. The summed E-state index contributed by atoms with van der Waals surface area (Å²) in [6.45, 7) is 3.49. The number of aromatic nitrogens is 2. The molecule has 3 unspecified atom stereocenters. The van der Waals surface area contributed by atoms with Gasteiger partial charge in [-0.1, -0.05) is 12.5 Å². The number of hydrogen-bond acceptors (Lipinski definition) is 6. The van der Waals surface area contributed by atoms with Crippen molar-refractivity contribution in [1.82, 2.24) is 15.1 Å². The second-order valence-electron chi connectivity index (χ2n) is 11.3. The van der Waals surface area contributed by atoms with Gasteiger partial charge in [0.1, 0.15) is 29.7 Å². The summed E-state index contributed by atoms with van der Waals surface area (Å²) >= 11 is 0. The van der Waals surface area contributed by atoms with Crippen LogP contribution in [0, 0.1) is 23.0 Å². The molecule has 3 atom stereocenters. The lowest BCUT2D eigenvalue weighted by molar-refractivity contribution is 0.188. The van der Waals surface area contributed by atoms with Crippen molar-refractivity contribution in [3.8, 4) is 34.2 Å². The van der Waals surface area contributed by atoms with E-state index in [-0.39, 0.29) is 28.7 Å². The van der Waals surface area contributed by atoms with E-state index in [9.17, 15) is 5.26 Å². The summed E-state index contributed by atoms with van der Waals surface area (Å²) in [7, 11) is 2.13. The molecule has 1 aromatic heterocycles. The number of anilines is 1. The molecule has 0 amide bonds. The van der Waals surface area contributed by atoms with Crippen LogP contribution in [0.3, 0.4) is 0 Å². The van der Waals surface area contributed by atoms with E-state index < -0.39 is 11.6 Å². The predicted molar refractivity (Wildman–Crippen MR) is 150 cm³/mol. The van der Waals surface area contributed by atoms with Crippen LogP contribution in [0.4, 0.5) is 14.5 Å². The number of nitriles is 1. The number of piperazine rings is 1. The summed E-state index contributed by atoms with van der Waals surface area (Å²) in [5, 5.41) is 18.1. The van der Waals surface area contributed by atoms with Gasteiger partial charge < -0.3 is 20.3 Å². The molecule has 3 aliphatic rings. The number of halogens is 2. The molecule has 3 heterocycles. The van der Waals surface area contributed by atoms with Crippen LogP contribution >= 0.6 is 0 Å². The van der Waals surface area contributed by atoms with Gasteiger partial charge in [0.2, 0.25) is 0 Å². The van der Waals surface area contributed by atoms with Gasteiger partial charge in [-0.15, -0.1) is 0 Å². The molecule has 3 aromatic carbocycles. The third-order valence-corrected chi connectivity index (χ3v) is 8.81. The molecule has 1 saturated carbocycles. The number of nitrogens with two attached hydrogens (primary N) is 1. The van der Waals surface area contributed by atoms with Gasteiger partial charge in [0.25, 0.3) is 0 Å². The van der Waals surface area contributed by atoms with Gasteiger partial charge in [-0.25, -0.2) is 8.78 Å². The predicted octanol–water partition coefficient (Wildman–Crippen LogP) is 5.15. The Morgan fingerprint density at radius 1 is 1.10 bits per heavy atom. The smallest absolute Gasteiger partial charge is 0.143 e. The lowest BCUT2D eigenvalue weighted by atomic mass is 9.90. The molecule has 3 N–H and O–H groups in total. The fourth-order valence-electron chi connectivity index (χ4n) is 6.72. The van der Waals surface area contributed by atoms with Gasteiger partial charge in [-0.2, -0.15) is 10.4 Å². The van der Waals surface area contributed by atoms with Gasteiger partial charge >= 0.3 is 0 Å². The first-order valence-electron chi connectivity index (χ1n) is 13.8. The summed E-state index contributed by atoms with van der Waals surface area (Å²) < 4.78 is 37.3. The van der Waals surface area contributed by atoms with Gasteiger partial charge in [-0.3, -0.25) is 5.10 Å². The third kappa shape index (κ3) is 4.02. The van der Waals surface area contributed by atoms with Crippen LogP contribution in [0.15, 0.2) is 42.5 Å². The molecule has 7 nitrogen and oxygen atoms in total. The largest absolute Gasteiger partial charge is 0.489 e. The third-order valence-electron chi connectivity index (χ3n) is 8.81. The van der Waals surface area contributed by atoms with E-state index in [2.05, 4.69) is 39.2 Å². The zero-order chi connectivity index (χ0) is 27.5. The van der Waals surface area contributed by atoms with Gasteiger partial charge in [0.15, 0.2) is 0 Å². The van der Waals surface area contributed by atoms with E-state index in [1.54, 1.807) is 12.1 Å². The highest BCUT2D eigenvalue weighted by Gasteiger charge is 2.32. The van der Waals surface area contributed by atoms with E-state index in [0.717, 1.165) is 55.9 Å². The Bertz CT molecular complexity index is 1650. The van der Waals surface area contributed by atoms with Crippen molar-refractivity contribution in [2.75, 3.05) is 38.2 Å². The average molecular weight is 541 g/mol. The molecular formula is C31H30F2N6O. The number of H-pyrrole nitrogens is 1. The van der Waals surface area contributed by atoms with Crippen LogP contribution in [0.25, 0.3) is 33.3 Å². The van der Waals surface area contributed by atoms with Crippen molar-refractivity contribution in [2.45, 2.75) is 37.3 Å². The maximum absolute atomic E-state index is 15.6. The van der Waals surface area contributed by atoms with Crippen molar-refractivity contribution in [1.29, 1.82) is 5.26 Å². The fraction of sp³-hybridized carbons (Fsp3) is 0.355. The van der Waals surface area contributed by atoms with Gasteiger partial charge in [-0.05, 0) is 67.8 Å². The maximum atomic E-state index is 15.6. The van der Waals surface area contributed by atoms with Crippen LogP contribution < -0.4 is 15.4 Å². The van der Waals surface area contributed by atoms with E-state index in [4.69, 9.17) is 10.5 Å². The number of hydrogen-bond donors (Lipinski definition) is 2. The summed E-state index contributed by atoms with van der Waals surface area (Å²) in [5.41, 5.74) is 10.0. The molecule has 40 heavy (non-hydrogen) atoms. The minimum Gasteiger partial charge on any atom is -0.489 e. The Hall–Kier alpha value is -4.00. The summed E-state index contributed by atoms with van der Waals surface area (Å²) in [6, 6.07) is 14.4. The normalized spacial score (nSPS) is 22.6. The lowest BCUT2D eigenvalue weighted by Crippen LogP contribution is -2.56. The highest BCUT2D eigenvalue weighted by Crippen LogP contribution is 2.42. The average Bonchev–Trinajstić information content (AvgIpc) is 3.57. The number of nitrogens with zero attached hydrogens (tertiary/aromatic N) is 4. The number of likely N-dealkylation sites (N-methyl/N-ethyl adjacent to an activating group) is 1. The second-order valence-corrected chi connectivity index (χ2v) is 11.3. The van der Waals surface area contributed by atoms with E-state index in [1.807, 2.05) is 12.1 Å². The standard InChI is InChI=1S/C31H30F2N6O/c1-38-7-8-39-20(15-38)16-40-29-12-17(5-6-28(29)39)31-23-13-22(19(14-34)11-27(23)36-37-31)30-24(32)9-18(10-25(30)33)21-3-2-4-26(21)35/h5-6,9-13,20-21,26H,2-4,7-8,15-16,35H2,1H3,(H,36,37). The highest BCUT2D eigenvalue weighted by atomic mass is 19.1. The van der Waals surface area contributed by atoms with Crippen LogP contribution in [0.2, 0.25) is 0 Å². The fourth-order valence-corrected chi connectivity index (χ4v) is 6.72. The zero-order valence-corrected chi connectivity index (χ0v) is 22.3. The molecule has 204 valence electrons. The summed E-state index contributed by atoms with van der Waals surface area (Å²) in [5.74, 6) is -0.664. The SMILES string of the molecule is CN1CCN2c3ccc(-c4n[nH]c5cc(C#N)c(-c6c(F)cc(C7CCCC7N)cc6F)cc45)cc3OCC2C1. The van der Waals surface area contributed by atoms with Crippen LogP contribution in [0.1, 0.15) is 36.3 Å². The first-order valence-corrected chi connectivity index (χ1v) is 13.8. The van der Waals surface area contributed by atoms with Crippen LogP contribution in [-0.2, 0) is 0 Å². The van der Waals surface area contributed by atoms with Crippen LogP contribution in [-0.4, -0.2) is 60.5 Å². The molecule has 9 heteroatoms. The maximum Gasteiger partial charge on any atom is 0.143 e.